The molecule has 24 heavy (non-hydrogen) atoms. The van der Waals surface area contributed by atoms with Crippen molar-refractivity contribution in [3.05, 3.63) is 65.7 Å². The van der Waals surface area contributed by atoms with Gasteiger partial charge in [0.2, 0.25) is 0 Å². The fraction of sp³-hybridized carbons (Fsp3) is 0.333. The number of hydrogen-bond donors (Lipinski definition) is 1. The van der Waals surface area contributed by atoms with E-state index < -0.39 is 16.3 Å². The first-order valence-electron chi connectivity index (χ1n) is 7.79. The van der Waals surface area contributed by atoms with Crippen LogP contribution in [-0.4, -0.2) is 32.9 Å². The quantitative estimate of drug-likeness (QED) is 0.837. The Balaban J connectivity index is 2.40. The van der Waals surface area contributed by atoms with Gasteiger partial charge in [0.25, 0.3) is 10.2 Å². The molecule has 0 aliphatic heterocycles. The summed E-state index contributed by atoms with van der Waals surface area (Å²) in [6.45, 7) is 3.67. The van der Waals surface area contributed by atoms with E-state index in [4.69, 9.17) is 4.74 Å². The van der Waals surface area contributed by atoms with Crippen LogP contribution in [-0.2, 0) is 10.2 Å². The minimum absolute atomic E-state index is 0.130. The first-order chi connectivity index (χ1) is 11.3. The Labute approximate surface area is 144 Å². The molecule has 0 bridgehead atoms. The van der Waals surface area contributed by atoms with E-state index in [0.29, 0.717) is 0 Å². The molecule has 6 heteroatoms. The smallest absolute Gasteiger partial charge is 0.280 e. The van der Waals surface area contributed by atoms with E-state index in [-0.39, 0.29) is 6.04 Å². The predicted molar refractivity (Wildman–Crippen MR) is 96.2 cm³/mol. The number of nitrogens with one attached hydrogen (secondary N) is 1. The van der Waals surface area contributed by atoms with E-state index >= 15 is 0 Å². The molecule has 0 heterocycles. The standard InChI is InChI=1S/C18H24N2O3S/c1-14(2)20(3)24(21,22)19-18(15-8-6-5-7-9-15)16-10-12-17(23-4)13-11-16/h5-14,18-19H,1-4H3. The van der Waals surface area contributed by atoms with Crippen molar-refractivity contribution in [2.75, 3.05) is 14.2 Å². The second-order valence-electron chi connectivity index (χ2n) is 5.85. The zero-order chi connectivity index (χ0) is 17.7. The maximum Gasteiger partial charge on any atom is 0.280 e. The predicted octanol–water partition coefficient (Wildman–Crippen LogP) is 2.96. The summed E-state index contributed by atoms with van der Waals surface area (Å²) in [6, 6.07) is 16.3. The van der Waals surface area contributed by atoms with E-state index in [1.54, 1.807) is 14.2 Å². The Morgan fingerprint density at radius 2 is 1.50 bits per heavy atom. The van der Waals surface area contributed by atoms with Crippen molar-refractivity contribution < 1.29 is 13.2 Å². The maximum absolute atomic E-state index is 12.6. The number of hydrogen-bond acceptors (Lipinski definition) is 3. The first kappa shape index (κ1) is 18.4. The third-order valence-corrected chi connectivity index (χ3v) is 5.67. The third kappa shape index (κ3) is 4.35. The average molecular weight is 348 g/mol. The molecule has 0 amide bonds. The highest BCUT2D eigenvalue weighted by Crippen LogP contribution is 2.25. The Morgan fingerprint density at radius 3 is 2.00 bits per heavy atom. The van der Waals surface area contributed by atoms with Gasteiger partial charge in [0.05, 0.1) is 13.2 Å². The molecule has 130 valence electrons. The van der Waals surface area contributed by atoms with Gasteiger partial charge in [-0.3, -0.25) is 0 Å². The summed E-state index contributed by atoms with van der Waals surface area (Å²) in [6.07, 6.45) is 0. The van der Waals surface area contributed by atoms with E-state index in [0.717, 1.165) is 16.9 Å². The number of benzene rings is 2. The minimum Gasteiger partial charge on any atom is -0.497 e. The molecule has 1 atom stereocenters. The molecule has 0 fully saturated rings. The number of methoxy groups -OCH3 is 1. The van der Waals surface area contributed by atoms with Gasteiger partial charge in [0.1, 0.15) is 5.75 Å². The highest BCUT2D eigenvalue weighted by molar-refractivity contribution is 7.87. The van der Waals surface area contributed by atoms with Crippen LogP contribution in [0.3, 0.4) is 0 Å². The maximum atomic E-state index is 12.6. The van der Waals surface area contributed by atoms with Crippen LogP contribution in [0, 0.1) is 0 Å². The van der Waals surface area contributed by atoms with E-state index in [9.17, 15) is 8.42 Å². The molecule has 0 saturated heterocycles. The molecule has 0 spiro atoms. The highest BCUT2D eigenvalue weighted by atomic mass is 32.2. The van der Waals surface area contributed by atoms with Crippen molar-refractivity contribution in [2.45, 2.75) is 25.9 Å². The fourth-order valence-electron chi connectivity index (χ4n) is 2.28. The van der Waals surface area contributed by atoms with Crippen molar-refractivity contribution in [1.82, 2.24) is 9.03 Å². The second kappa shape index (κ2) is 7.79. The molecule has 2 aromatic rings. The molecule has 1 unspecified atom stereocenters. The van der Waals surface area contributed by atoms with Crippen molar-refractivity contribution >= 4 is 10.2 Å². The molecule has 2 rings (SSSR count). The zero-order valence-electron chi connectivity index (χ0n) is 14.4. The Morgan fingerprint density at radius 1 is 0.958 bits per heavy atom. The summed E-state index contributed by atoms with van der Waals surface area (Å²) in [5.74, 6) is 0.729. The molecule has 0 aromatic heterocycles. The monoisotopic (exact) mass is 348 g/mol. The van der Waals surface area contributed by atoms with Crippen molar-refractivity contribution in [3.8, 4) is 5.75 Å². The van der Waals surface area contributed by atoms with Crippen LogP contribution in [0.5, 0.6) is 5.75 Å². The summed E-state index contributed by atoms with van der Waals surface area (Å²) in [5.41, 5.74) is 1.73. The van der Waals surface area contributed by atoms with Crippen molar-refractivity contribution in [3.63, 3.8) is 0 Å². The van der Waals surface area contributed by atoms with Crippen LogP contribution >= 0.6 is 0 Å². The SMILES string of the molecule is COc1ccc(C(NS(=O)(=O)N(C)C(C)C)c2ccccc2)cc1. The van der Waals surface area contributed by atoms with Gasteiger partial charge < -0.3 is 4.74 Å². The van der Waals surface area contributed by atoms with Crippen LogP contribution in [0.15, 0.2) is 54.6 Å². The topological polar surface area (TPSA) is 58.6 Å². The molecule has 2 aromatic carbocycles. The largest absolute Gasteiger partial charge is 0.497 e. The molecular weight excluding hydrogens is 324 g/mol. The molecule has 0 saturated carbocycles. The van der Waals surface area contributed by atoms with Gasteiger partial charge in [-0.05, 0) is 37.1 Å². The van der Waals surface area contributed by atoms with Crippen LogP contribution in [0.25, 0.3) is 0 Å². The number of ether oxygens (including phenoxy) is 1. The molecule has 0 aliphatic rings. The summed E-state index contributed by atoms with van der Waals surface area (Å²) in [7, 11) is -0.445. The Kier molecular flexibility index (Phi) is 5.99. The van der Waals surface area contributed by atoms with Crippen molar-refractivity contribution in [2.24, 2.45) is 0 Å². The van der Waals surface area contributed by atoms with Crippen LogP contribution in [0.4, 0.5) is 0 Å². The Bertz CT molecular complexity index is 744. The zero-order valence-corrected chi connectivity index (χ0v) is 15.2. The lowest BCUT2D eigenvalue weighted by molar-refractivity contribution is 0.399. The normalized spacial score (nSPS) is 13.2. The average Bonchev–Trinajstić information content (AvgIpc) is 2.60. The van der Waals surface area contributed by atoms with Gasteiger partial charge in [0, 0.05) is 13.1 Å². The van der Waals surface area contributed by atoms with E-state index in [1.807, 2.05) is 68.4 Å². The lowest BCUT2D eigenvalue weighted by atomic mass is 10.00. The van der Waals surface area contributed by atoms with Gasteiger partial charge in [-0.2, -0.15) is 17.4 Å². The van der Waals surface area contributed by atoms with Gasteiger partial charge in [-0.15, -0.1) is 0 Å². The van der Waals surface area contributed by atoms with Gasteiger partial charge in [-0.1, -0.05) is 42.5 Å². The van der Waals surface area contributed by atoms with Crippen LogP contribution in [0.1, 0.15) is 31.0 Å². The van der Waals surface area contributed by atoms with Gasteiger partial charge in [0.15, 0.2) is 0 Å². The first-order valence-corrected chi connectivity index (χ1v) is 9.23. The summed E-state index contributed by atoms with van der Waals surface area (Å²) in [4.78, 5) is 0. The molecular formula is C18H24N2O3S. The third-order valence-electron chi connectivity index (χ3n) is 3.96. The second-order valence-corrected chi connectivity index (χ2v) is 7.61. The minimum atomic E-state index is -3.62. The van der Waals surface area contributed by atoms with E-state index in [2.05, 4.69) is 4.72 Å². The lowest BCUT2D eigenvalue weighted by Crippen LogP contribution is -2.43. The van der Waals surface area contributed by atoms with Crippen molar-refractivity contribution in [1.29, 1.82) is 0 Å². The van der Waals surface area contributed by atoms with E-state index in [1.165, 1.54) is 4.31 Å². The number of nitrogens with zero attached hydrogens (tertiary/aromatic N) is 1. The molecule has 0 radical (unpaired) electrons. The molecule has 0 aliphatic carbocycles. The summed E-state index contributed by atoms with van der Waals surface area (Å²) in [5, 5.41) is 0. The number of rotatable bonds is 7. The van der Waals surface area contributed by atoms with Crippen LogP contribution in [0.2, 0.25) is 0 Å². The molecule has 5 nitrogen and oxygen atoms in total. The Hall–Kier alpha value is -1.89. The van der Waals surface area contributed by atoms with Gasteiger partial charge >= 0.3 is 0 Å². The molecule has 1 N–H and O–H groups in total. The lowest BCUT2D eigenvalue weighted by Gasteiger charge is -2.26. The van der Waals surface area contributed by atoms with Gasteiger partial charge in [-0.25, -0.2) is 0 Å². The summed E-state index contributed by atoms with van der Waals surface area (Å²) < 4.78 is 34.6. The summed E-state index contributed by atoms with van der Waals surface area (Å²) >= 11 is 0. The van der Waals surface area contributed by atoms with Crippen LogP contribution < -0.4 is 9.46 Å². The highest BCUT2D eigenvalue weighted by Gasteiger charge is 2.26. The fourth-order valence-corrected chi connectivity index (χ4v) is 3.57.